The monoisotopic (exact) mass is 390 g/mol. The zero-order valence-electron chi connectivity index (χ0n) is 14.5. The number of hydrogen-bond acceptors (Lipinski definition) is 3. The molecular formula is C17H25Cl2FN4O. The minimum absolute atomic E-state index is 0. The van der Waals surface area contributed by atoms with Crippen LogP contribution in [0.5, 0.6) is 0 Å². The van der Waals surface area contributed by atoms with Crippen LogP contribution < -0.4 is 11.1 Å². The van der Waals surface area contributed by atoms with Crippen LogP contribution in [0.2, 0.25) is 0 Å². The molecule has 1 amide bonds. The molecule has 0 saturated carbocycles. The van der Waals surface area contributed by atoms with Gasteiger partial charge >= 0.3 is 0 Å². The average molecular weight is 391 g/mol. The molecule has 3 N–H and O–H groups in total. The van der Waals surface area contributed by atoms with E-state index in [9.17, 15) is 9.18 Å². The summed E-state index contributed by atoms with van der Waals surface area (Å²) in [6.07, 6.45) is 3.96. The maximum atomic E-state index is 14.3. The van der Waals surface area contributed by atoms with Gasteiger partial charge in [-0.2, -0.15) is 0 Å². The second-order valence-electron chi connectivity index (χ2n) is 6.08. The highest BCUT2D eigenvalue weighted by Gasteiger charge is 2.15. The van der Waals surface area contributed by atoms with Crippen LogP contribution >= 0.6 is 24.8 Å². The molecule has 0 spiro atoms. The number of nitrogens with two attached hydrogens (primary N) is 1. The van der Waals surface area contributed by atoms with Crippen LogP contribution in [0.4, 0.5) is 4.39 Å². The Kier molecular flexibility index (Phi) is 9.70. The summed E-state index contributed by atoms with van der Waals surface area (Å²) < 4.78 is 15.9. The number of carbonyl (C=O) groups excluding carboxylic acids is 1. The Morgan fingerprint density at radius 1 is 1.36 bits per heavy atom. The molecule has 0 saturated heterocycles. The Morgan fingerprint density at radius 2 is 2.04 bits per heavy atom. The summed E-state index contributed by atoms with van der Waals surface area (Å²) in [6, 6.07) is 4.35. The molecular weight excluding hydrogens is 366 g/mol. The van der Waals surface area contributed by atoms with Gasteiger partial charge in [-0.1, -0.05) is 19.9 Å². The first-order chi connectivity index (χ1) is 10.9. The number of nitrogens with zero attached hydrogens (tertiary/aromatic N) is 2. The number of carbonyl (C=O) groups is 1. The van der Waals surface area contributed by atoms with E-state index in [4.69, 9.17) is 5.73 Å². The fraction of sp³-hybridized carbons (Fsp3) is 0.412. The van der Waals surface area contributed by atoms with Crippen LogP contribution in [0.1, 0.15) is 31.7 Å². The summed E-state index contributed by atoms with van der Waals surface area (Å²) in [5.41, 5.74) is 6.95. The minimum Gasteiger partial charge on any atom is -0.351 e. The highest BCUT2D eigenvalue weighted by Crippen LogP contribution is 2.16. The molecule has 0 fully saturated rings. The van der Waals surface area contributed by atoms with Gasteiger partial charge < -0.3 is 15.6 Å². The van der Waals surface area contributed by atoms with Crippen molar-refractivity contribution in [1.29, 1.82) is 0 Å². The number of halogens is 3. The van der Waals surface area contributed by atoms with Gasteiger partial charge in [0.1, 0.15) is 11.6 Å². The van der Waals surface area contributed by atoms with Gasteiger partial charge in [-0.25, -0.2) is 9.37 Å². The van der Waals surface area contributed by atoms with Crippen molar-refractivity contribution in [3.8, 4) is 5.69 Å². The predicted octanol–water partition coefficient (Wildman–Crippen LogP) is 3.15. The SMILES string of the molecule is Cc1nccn1-c1ccc(CNC(=O)[C@@H](N)CC(C)C)cc1F.Cl.Cl. The Bertz CT molecular complexity index is 691. The van der Waals surface area contributed by atoms with Gasteiger partial charge in [-0.05, 0) is 37.0 Å². The first-order valence-electron chi connectivity index (χ1n) is 7.70. The molecule has 1 aromatic heterocycles. The molecule has 2 rings (SSSR count). The first-order valence-corrected chi connectivity index (χ1v) is 7.70. The topological polar surface area (TPSA) is 72.9 Å². The number of rotatable bonds is 6. The lowest BCUT2D eigenvalue weighted by Gasteiger charge is -2.14. The lowest BCUT2D eigenvalue weighted by atomic mass is 10.0. The van der Waals surface area contributed by atoms with Crippen molar-refractivity contribution in [2.75, 3.05) is 0 Å². The number of hydrogen-bond donors (Lipinski definition) is 2. The van der Waals surface area contributed by atoms with Crippen LogP contribution in [-0.4, -0.2) is 21.5 Å². The van der Waals surface area contributed by atoms with E-state index >= 15 is 0 Å². The second-order valence-corrected chi connectivity index (χ2v) is 6.08. The Labute approximate surface area is 160 Å². The van der Waals surface area contributed by atoms with E-state index in [0.29, 0.717) is 29.4 Å². The fourth-order valence-corrected chi connectivity index (χ4v) is 2.42. The smallest absolute Gasteiger partial charge is 0.237 e. The molecule has 8 heteroatoms. The summed E-state index contributed by atoms with van der Waals surface area (Å²) >= 11 is 0. The maximum absolute atomic E-state index is 14.3. The van der Waals surface area contributed by atoms with E-state index in [-0.39, 0.29) is 43.1 Å². The van der Waals surface area contributed by atoms with E-state index < -0.39 is 6.04 Å². The van der Waals surface area contributed by atoms with Crippen LogP contribution in [0.3, 0.4) is 0 Å². The summed E-state index contributed by atoms with van der Waals surface area (Å²) in [4.78, 5) is 16.0. The Morgan fingerprint density at radius 3 is 2.56 bits per heavy atom. The zero-order valence-corrected chi connectivity index (χ0v) is 16.2. The molecule has 1 aromatic carbocycles. The molecule has 0 bridgehead atoms. The number of amides is 1. The van der Waals surface area contributed by atoms with Gasteiger partial charge in [0.25, 0.3) is 0 Å². The third kappa shape index (κ3) is 6.30. The van der Waals surface area contributed by atoms with Crippen molar-refractivity contribution in [3.05, 3.63) is 47.8 Å². The van der Waals surface area contributed by atoms with Gasteiger partial charge in [0, 0.05) is 18.9 Å². The number of aryl methyl sites for hydroxylation is 1. The molecule has 25 heavy (non-hydrogen) atoms. The van der Waals surface area contributed by atoms with Crippen molar-refractivity contribution < 1.29 is 9.18 Å². The zero-order chi connectivity index (χ0) is 17.0. The predicted molar refractivity (Wildman–Crippen MR) is 102 cm³/mol. The molecule has 0 aliphatic rings. The van der Waals surface area contributed by atoms with E-state index in [2.05, 4.69) is 10.3 Å². The first kappa shape index (κ1) is 23.4. The number of benzene rings is 1. The molecule has 1 heterocycles. The standard InChI is InChI=1S/C17H23FN4O.2ClH/c1-11(2)8-15(19)17(23)21-10-13-4-5-16(14(18)9-13)22-7-6-20-12(22)3;;/h4-7,9,11,15H,8,10,19H2,1-3H3,(H,21,23);2*1H/t15-;;/m0../s1. The lowest BCUT2D eigenvalue weighted by Crippen LogP contribution is -2.41. The van der Waals surface area contributed by atoms with E-state index in [1.54, 1.807) is 29.1 Å². The minimum atomic E-state index is -0.535. The van der Waals surface area contributed by atoms with Crippen LogP contribution in [-0.2, 0) is 11.3 Å². The molecule has 0 aliphatic heterocycles. The summed E-state index contributed by atoms with van der Waals surface area (Å²) in [7, 11) is 0. The van der Waals surface area contributed by atoms with Crippen molar-refractivity contribution in [1.82, 2.24) is 14.9 Å². The molecule has 2 aromatic rings. The Hall–Kier alpha value is -1.63. The van der Waals surface area contributed by atoms with Crippen LogP contribution in [0.25, 0.3) is 5.69 Å². The summed E-state index contributed by atoms with van der Waals surface area (Å²) in [6.45, 7) is 6.09. The third-order valence-corrected chi connectivity index (χ3v) is 3.63. The lowest BCUT2D eigenvalue weighted by molar-refractivity contribution is -0.122. The highest BCUT2D eigenvalue weighted by atomic mass is 35.5. The molecule has 1 atom stereocenters. The average Bonchev–Trinajstić information content (AvgIpc) is 2.90. The van der Waals surface area contributed by atoms with Gasteiger partial charge in [-0.15, -0.1) is 24.8 Å². The van der Waals surface area contributed by atoms with Gasteiger partial charge in [0.2, 0.25) is 5.91 Å². The number of imidazole rings is 1. The molecule has 140 valence electrons. The summed E-state index contributed by atoms with van der Waals surface area (Å²) in [5.74, 6) is 0.494. The highest BCUT2D eigenvalue weighted by molar-refractivity contribution is 5.85. The maximum Gasteiger partial charge on any atom is 0.237 e. The van der Waals surface area contributed by atoms with Gasteiger partial charge in [0.15, 0.2) is 0 Å². The Balaban J connectivity index is 0.00000288. The van der Waals surface area contributed by atoms with Crippen molar-refractivity contribution >= 4 is 30.7 Å². The van der Waals surface area contributed by atoms with E-state index in [1.165, 1.54) is 6.07 Å². The second kappa shape index (κ2) is 10.4. The third-order valence-electron chi connectivity index (χ3n) is 3.63. The van der Waals surface area contributed by atoms with Crippen molar-refractivity contribution in [2.24, 2.45) is 11.7 Å². The van der Waals surface area contributed by atoms with Gasteiger partial charge in [0.05, 0.1) is 11.7 Å². The molecule has 0 unspecified atom stereocenters. The van der Waals surface area contributed by atoms with Crippen molar-refractivity contribution in [2.45, 2.75) is 39.8 Å². The molecule has 0 radical (unpaired) electrons. The number of aromatic nitrogens is 2. The quantitative estimate of drug-likeness (QED) is 0.795. The van der Waals surface area contributed by atoms with E-state index in [0.717, 1.165) is 0 Å². The van der Waals surface area contributed by atoms with Gasteiger partial charge in [-0.3, -0.25) is 4.79 Å². The molecule has 5 nitrogen and oxygen atoms in total. The van der Waals surface area contributed by atoms with Crippen molar-refractivity contribution in [3.63, 3.8) is 0 Å². The number of nitrogens with one attached hydrogen (secondary N) is 1. The van der Waals surface area contributed by atoms with Crippen LogP contribution in [0, 0.1) is 18.7 Å². The largest absolute Gasteiger partial charge is 0.351 e. The fourth-order valence-electron chi connectivity index (χ4n) is 2.42. The summed E-state index contributed by atoms with van der Waals surface area (Å²) in [5, 5.41) is 2.75. The normalized spacial score (nSPS) is 11.4. The van der Waals surface area contributed by atoms with E-state index in [1.807, 2.05) is 20.8 Å². The molecule has 0 aliphatic carbocycles. The van der Waals surface area contributed by atoms with Crippen LogP contribution in [0.15, 0.2) is 30.6 Å².